The van der Waals surface area contributed by atoms with Gasteiger partial charge in [0.1, 0.15) is 34.2 Å². The number of fused-ring (bicyclic) bond motifs is 2. The Hall–Kier alpha value is -6.07. The summed E-state index contributed by atoms with van der Waals surface area (Å²) in [6.45, 7) is 44.1. The Kier molecular flexibility index (Phi) is 32.5. The summed E-state index contributed by atoms with van der Waals surface area (Å²) in [6, 6.07) is 50.4. The molecule has 10 nitrogen and oxygen atoms in total. The Morgan fingerprint density at radius 2 is 0.517 bits per heavy atom. The molecular formula is C96H124O10S8Si4. The molecular weight excluding hydrogens is 1680 g/mol. The molecule has 2 N–H and O–H groups in total. The van der Waals surface area contributed by atoms with Gasteiger partial charge in [-0.3, -0.25) is 0 Å². The van der Waals surface area contributed by atoms with E-state index in [4.69, 9.17) is 28.4 Å². The zero-order valence-corrected chi connectivity index (χ0v) is 83.4. The molecule has 0 aliphatic rings. The lowest BCUT2D eigenvalue weighted by Gasteiger charge is -2.31. The molecule has 22 heteroatoms. The molecule has 0 radical (unpaired) electrons. The van der Waals surface area contributed by atoms with Gasteiger partial charge in [0, 0.05) is 30.6 Å². The minimum atomic E-state index is -1.76. The summed E-state index contributed by atoms with van der Waals surface area (Å²) in [5.41, 5.74) is 2.40. The predicted molar refractivity (Wildman–Crippen MR) is 525 cm³/mol. The number of thiophene rings is 8. The smallest absolute Gasteiger partial charge is 0.341 e. The molecule has 12 rings (SSSR count). The van der Waals surface area contributed by atoms with Gasteiger partial charge in [0.15, 0.2) is 0 Å². The van der Waals surface area contributed by atoms with Gasteiger partial charge < -0.3 is 38.6 Å². The van der Waals surface area contributed by atoms with E-state index in [0.717, 1.165) is 166 Å². The Bertz CT molecular complexity index is 4780. The lowest BCUT2D eigenvalue weighted by Crippen LogP contribution is -2.34. The van der Waals surface area contributed by atoms with Crippen molar-refractivity contribution in [3.63, 3.8) is 0 Å². The number of esters is 2. The average Bonchev–Trinajstić information content (AvgIpc) is 1.57. The lowest BCUT2D eigenvalue weighted by atomic mass is 9.78. The molecule has 0 saturated carbocycles. The number of carbonyl (C=O) groups excluding carboxylic acids is 2. The highest BCUT2D eigenvalue weighted by Crippen LogP contribution is 2.60. The van der Waals surface area contributed by atoms with Crippen LogP contribution in [-0.2, 0) is 20.7 Å². The summed E-state index contributed by atoms with van der Waals surface area (Å²) >= 11 is 13.6. The molecule has 0 bridgehead atoms. The van der Waals surface area contributed by atoms with E-state index in [2.05, 4.69) is 203 Å². The van der Waals surface area contributed by atoms with E-state index in [-0.39, 0.29) is 11.9 Å². The van der Waals surface area contributed by atoms with E-state index in [1.807, 2.05) is 85.1 Å². The maximum atomic E-state index is 14.6. The zero-order chi connectivity index (χ0) is 84.7. The van der Waals surface area contributed by atoms with Crippen LogP contribution in [0.25, 0.3) is 57.8 Å². The number of hydrogen-bond donors (Lipinski definition) is 2. The molecule has 0 saturated heterocycles. The third kappa shape index (κ3) is 21.9. The normalized spacial score (nSPS) is 12.4. The standard InChI is InChI=1S/C70H92O6S4Si2.C26H32O4S4Si2/c1-11-15-19-23-47-73-55-35-27-51(28-36-55)69(71,52-29-37-56(38-30-52)74-48-24-20-16-12-2)63-65(59-43-45-61(77-59)81(5,6)7)79-68-64(66(80-67(63)68)60-44-46-62(78-60)82(8,9)10)70(72,53-31-39-57(40-32-53)75-49-25-21-17-13-3)54-33-41-58(42-34-54)76-50-26-22-18-14-4;1-9-29-25(27)19-21(15-11-13-17(31-15)35(3,4)5)33-24-20(26(28)30-10-2)22(34-23(19)24)16-12-14-18(32-16)36(6,7)8/h27-46,71-72H,11-26,47-50H2,1-10H3;11-14H,9-10H2,1-8H3. The number of unbranched alkanes of at least 4 members (excludes halogenated alkanes) is 12. The van der Waals surface area contributed by atoms with Crippen LogP contribution in [0.2, 0.25) is 78.6 Å². The van der Waals surface area contributed by atoms with Crippen molar-refractivity contribution in [2.24, 2.45) is 0 Å². The van der Waals surface area contributed by atoms with E-state index in [1.54, 1.807) is 45.3 Å². The van der Waals surface area contributed by atoms with Gasteiger partial charge in [0.2, 0.25) is 0 Å². The number of aliphatic hydroxyl groups is 2. The first-order valence-electron chi connectivity index (χ1n) is 42.7. The third-order valence-corrected chi connectivity index (χ3v) is 45.7. The zero-order valence-electron chi connectivity index (χ0n) is 72.8. The van der Waals surface area contributed by atoms with Crippen LogP contribution in [0.5, 0.6) is 23.0 Å². The molecule has 12 aromatic rings. The van der Waals surface area contributed by atoms with Gasteiger partial charge in [-0.2, -0.15) is 0 Å². The van der Waals surface area contributed by atoms with Gasteiger partial charge in [-0.1, -0.05) is 256 Å². The number of rotatable bonds is 42. The fourth-order valence-corrected chi connectivity index (χ4v) is 32.4. The number of ether oxygens (including phenoxy) is 6. The maximum Gasteiger partial charge on any atom is 0.341 e. The Balaban J connectivity index is 0.000000314. The van der Waals surface area contributed by atoms with Crippen molar-refractivity contribution in [2.75, 3.05) is 39.6 Å². The second-order valence-electron chi connectivity index (χ2n) is 34.8. The number of benzene rings is 4. The van der Waals surface area contributed by atoms with Crippen LogP contribution in [0, 0.1) is 0 Å². The fourth-order valence-electron chi connectivity index (χ4n) is 14.4. The molecule has 0 fully saturated rings. The highest BCUT2D eigenvalue weighted by Gasteiger charge is 2.46. The van der Waals surface area contributed by atoms with Crippen LogP contribution in [0.1, 0.15) is 198 Å². The monoisotopic (exact) mass is 1800 g/mol. The van der Waals surface area contributed by atoms with E-state index in [9.17, 15) is 19.8 Å². The Morgan fingerprint density at radius 1 is 0.288 bits per heavy atom. The van der Waals surface area contributed by atoms with Crippen molar-refractivity contribution >= 4 is 172 Å². The molecule has 0 unspecified atom stereocenters. The highest BCUT2D eigenvalue weighted by molar-refractivity contribution is 7.38. The molecule has 0 atom stereocenters. The molecule has 8 aromatic heterocycles. The van der Waals surface area contributed by atoms with E-state index < -0.39 is 43.5 Å². The second kappa shape index (κ2) is 41.4. The van der Waals surface area contributed by atoms with E-state index >= 15 is 0 Å². The summed E-state index contributed by atoms with van der Waals surface area (Å²) in [6.07, 6.45) is 18.0. The van der Waals surface area contributed by atoms with Gasteiger partial charge in [0.05, 0.1) is 121 Å². The van der Waals surface area contributed by atoms with Gasteiger partial charge in [-0.15, -0.1) is 90.7 Å². The molecule has 118 heavy (non-hydrogen) atoms. The number of hydrogen-bond acceptors (Lipinski definition) is 18. The van der Waals surface area contributed by atoms with Crippen molar-refractivity contribution < 1.29 is 48.2 Å². The quantitative estimate of drug-likeness (QED) is 0.0217. The highest BCUT2D eigenvalue weighted by atomic mass is 32.1. The average molecular weight is 1810 g/mol. The van der Waals surface area contributed by atoms with Crippen LogP contribution in [-0.4, -0.2) is 94.1 Å². The largest absolute Gasteiger partial charge is 0.494 e. The second-order valence-corrected chi connectivity index (χ2v) is 64.8. The fraction of sp³-hybridized carbons (Fsp3) is 0.438. The van der Waals surface area contributed by atoms with Gasteiger partial charge in [-0.05, 0) is 153 Å². The first kappa shape index (κ1) is 92.6. The Labute approximate surface area is 739 Å². The van der Waals surface area contributed by atoms with Crippen LogP contribution in [0.3, 0.4) is 0 Å². The topological polar surface area (TPSA) is 130 Å². The van der Waals surface area contributed by atoms with Crippen molar-refractivity contribution in [1.29, 1.82) is 0 Å². The van der Waals surface area contributed by atoms with Gasteiger partial charge >= 0.3 is 11.9 Å². The molecule has 0 amide bonds. The van der Waals surface area contributed by atoms with Crippen LogP contribution >= 0.6 is 90.7 Å². The van der Waals surface area contributed by atoms with Crippen LogP contribution < -0.4 is 36.9 Å². The van der Waals surface area contributed by atoms with Crippen LogP contribution in [0.15, 0.2) is 146 Å². The third-order valence-electron chi connectivity index (χ3n) is 21.2. The van der Waals surface area contributed by atoms with Crippen molar-refractivity contribution in [3.05, 3.63) is 190 Å². The van der Waals surface area contributed by atoms with E-state index in [0.29, 0.717) is 50.8 Å². The summed E-state index contributed by atoms with van der Waals surface area (Å²) in [5.74, 6) is 2.46. The van der Waals surface area contributed by atoms with Crippen molar-refractivity contribution in [1.82, 2.24) is 0 Å². The number of carbonyl (C=O) groups is 2. The first-order chi connectivity index (χ1) is 56.4. The molecule has 0 aliphatic carbocycles. The summed E-state index contributed by atoms with van der Waals surface area (Å²) in [4.78, 5) is 34.7. The summed E-state index contributed by atoms with van der Waals surface area (Å²) < 4.78 is 45.6. The van der Waals surface area contributed by atoms with Crippen LogP contribution in [0.4, 0.5) is 0 Å². The molecule has 632 valence electrons. The molecule has 0 aliphatic heterocycles. The van der Waals surface area contributed by atoms with E-state index in [1.165, 1.54) is 92.0 Å². The Morgan fingerprint density at radius 3 is 0.729 bits per heavy atom. The van der Waals surface area contributed by atoms with Gasteiger partial charge in [-0.25, -0.2) is 9.59 Å². The lowest BCUT2D eigenvalue weighted by molar-refractivity contribution is 0.0519. The first-order valence-corrected chi connectivity index (χ1v) is 63.3. The van der Waals surface area contributed by atoms with Crippen molar-refractivity contribution in [2.45, 2.75) is 234 Å². The molecule has 8 heterocycles. The summed E-state index contributed by atoms with van der Waals surface area (Å²) in [7, 11) is -6.52. The SMILES string of the molecule is CCCCCCOc1ccc(C(O)(c2ccc(OCCCCCC)cc2)c2c(-c3ccc([Si](C)(C)C)s3)sc3c(C(O)(c4ccc(OCCCCCC)cc4)c4ccc(OCCCCCC)cc4)c(-c4ccc([Si](C)(C)C)s4)sc23)cc1.CCOC(=O)c1c(-c2ccc([Si](C)(C)C)s2)sc2c(C(=O)OCC)c(-c3ccc([Si](C)(C)C)s3)sc12. The minimum Gasteiger partial charge on any atom is -0.494 e. The maximum absolute atomic E-state index is 14.6. The predicted octanol–water partition coefficient (Wildman–Crippen LogP) is 27.8. The summed E-state index contributed by atoms with van der Waals surface area (Å²) in [5, 5.41) is 29.3. The van der Waals surface area contributed by atoms with Gasteiger partial charge in [0.25, 0.3) is 0 Å². The van der Waals surface area contributed by atoms with Crippen molar-refractivity contribution in [3.8, 4) is 62.0 Å². The minimum absolute atomic E-state index is 0.299. The molecule has 0 spiro atoms. The molecule has 4 aromatic carbocycles.